The molecule has 0 aliphatic heterocycles. The number of hydrogen-bond acceptors (Lipinski definition) is 4. The van der Waals surface area contributed by atoms with Gasteiger partial charge in [-0.1, -0.05) is 6.92 Å². The summed E-state index contributed by atoms with van der Waals surface area (Å²) in [5.74, 6) is -0.199. The van der Waals surface area contributed by atoms with E-state index in [2.05, 4.69) is 0 Å². The first-order valence-electron chi connectivity index (χ1n) is 3.87. The van der Waals surface area contributed by atoms with Crippen molar-refractivity contribution in [2.45, 2.75) is 26.3 Å². The van der Waals surface area contributed by atoms with Crippen molar-refractivity contribution in [3.8, 4) is 0 Å². The summed E-state index contributed by atoms with van der Waals surface area (Å²) < 4.78 is 21.9. The second-order valence-corrected chi connectivity index (χ2v) is 5.21. The number of rotatable bonds is 5. The van der Waals surface area contributed by atoms with Crippen molar-refractivity contribution in [2.75, 3.05) is 11.5 Å². The number of Topliss-reactive ketones (excluding diaryl/α,β-unsaturated/α-hetero) is 1. The number of sulfone groups is 1. The molecule has 0 spiro atoms. The van der Waals surface area contributed by atoms with Crippen LogP contribution in [0.2, 0.25) is 0 Å². The number of hydrogen-bond donors (Lipinski definition) is 1. The number of carbonyl (C=O) groups excluding carboxylic acids is 1. The van der Waals surface area contributed by atoms with E-state index in [1.54, 1.807) is 13.8 Å². The van der Waals surface area contributed by atoms with E-state index in [0.29, 0.717) is 0 Å². The monoisotopic (exact) mass is 193 g/mol. The van der Waals surface area contributed by atoms with Crippen molar-refractivity contribution in [1.29, 1.82) is 0 Å². The lowest BCUT2D eigenvalue weighted by Gasteiger charge is -2.03. The first-order valence-corrected chi connectivity index (χ1v) is 5.70. The Morgan fingerprint density at radius 2 is 2.00 bits per heavy atom. The van der Waals surface area contributed by atoms with Gasteiger partial charge in [0.1, 0.15) is 15.6 Å². The summed E-state index contributed by atoms with van der Waals surface area (Å²) in [6.45, 7) is 3.12. The van der Waals surface area contributed by atoms with Crippen LogP contribution in [0, 0.1) is 0 Å². The maximum atomic E-state index is 10.9. The molecule has 0 aromatic heterocycles. The van der Waals surface area contributed by atoms with E-state index in [9.17, 15) is 13.2 Å². The van der Waals surface area contributed by atoms with E-state index < -0.39 is 15.9 Å². The number of carbonyl (C=O) groups is 1. The molecule has 0 saturated carbocycles. The molecule has 0 saturated heterocycles. The summed E-state index contributed by atoms with van der Waals surface area (Å²) in [5, 5.41) is 0. The van der Waals surface area contributed by atoms with Gasteiger partial charge in [0.25, 0.3) is 0 Å². The van der Waals surface area contributed by atoms with Crippen molar-refractivity contribution in [3.05, 3.63) is 0 Å². The maximum absolute atomic E-state index is 10.9. The zero-order chi connectivity index (χ0) is 9.78. The highest BCUT2D eigenvalue weighted by atomic mass is 32.2. The summed E-state index contributed by atoms with van der Waals surface area (Å²) in [5.41, 5.74) is 5.26. The van der Waals surface area contributed by atoms with E-state index in [-0.39, 0.29) is 23.7 Å². The van der Waals surface area contributed by atoms with Crippen LogP contribution in [0.4, 0.5) is 0 Å². The Balaban J connectivity index is 3.93. The molecule has 12 heavy (non-hydrogen) atoms. The van der Waals surface area contributed by atoms with E-state index in [4.69, 9.17) is 5.73 Å². The van der Waals surface area contributed by atoms with Crippen molar-refractivity contribution >= 4 is 15.6 Å². The molecule has 0 aliphatic carbocycles. The van der Waals surface area contributed by atoms with Gasteiger partial charge in [0.15, 0.2) is 0 Å². The van der Waals surface area contributed by atoms with E-state index in [1.165, 1.54) is 0 Å². The molecule has 0 heterocycles. The van der Waals surface area contributed by atoms with Crippen LogP contribution in [0.1, 0.15) is 20.3 Å². The highest BCUT2D eigenvalue weighted by Gasteiger charge is 2.13. The standard InChI is InChI=1S/C7H15NO3S/c1-3-12(10,11)5-4-7(9)6(2)8/h6H,3-5,8H2,1-2H3. The average molecular weight is 193 g/mol. The summed E-state index contributed by atoms with van der Waals surface area (Å²) in [6.07, 6.45) is 0.0356. The van der Waals surface area contributed by atoms with Crippen LogP contribution in [-0.4, -0.2) is 31.7 Å². The van der Waals surface area contributed by atoms with Crippen LogP contribution in [0.25, 0.3) is 0 Å². The Labute approximate surface area is 73.1 Å². The molecule has 72 valence electrons. The Bertz CT molecular complexity index is 243. The minimum atomic E-state index is -3.02. The van der Waals surface area contributed by atoms with Gasteiger partial charge in [0.05, 0.1) is 11.8 Å². The van der Waals surface area contributed by atoms with Gasteiger partial charge < -0.3 is 5.73 Å². The third-order valence-corrected chi connectivity index (χ3v) is 3.31. The molecule has 0 rings (SSSR count). The third kappa shape index (κ3) is 4.46. The van der Waals surface area contributed by atoms with Crippen LogP contribution in [0.3, 0.4) is 0 Å². The highest BCUT2D eigenvalue weighted by Crippen LogP contribution is 1.96. The Morgan fingerprint density at radius 3 is 2.33 bits per heavy atom. The summed E-state index contributed by atoms with van der Waals surface area (Å²) in [4.78, 5) is 10.9. The highest BCUT2D eigenvalue weighted by molar-refractivity contribution is 7.91. The topological polar surface area (TPSA) is 77.2 Å². The molecule has 0 aromatic carbocycles. The first kappa shape index (κ1) is 11.6. The lowest BCUT2D eigenvalue weighted by Crippen LogP contribution is -2.28. The molecule has 1 atom stereocenters. The second kappa shape index (κ2) is 4.57. The van der Waals surface area contributed by atoms with Crippen molar-refractivity contribution in [3.63, 3.8) is 0 Å². The first-order chi connectivity index (χ1) is 5.39. The predicted octanol–water partition coefficient (Wildman–Crippen LogP) is -0.272. The quantitative estimate of drug-likeness (QED) is 0.652. The van der Waals surface area contributed by atoms with Crippen LogP contribution in [0.5, 0.6) is 0 Å². The molecule has 0 fully saturated rings. The molecule has 0 aromatic rings. The van der Waals surface area contributed by atoms with Crippen LogP contribution in [0.15, 0.2) is 0 Å². The fourth-order valence-electron chi connectivity index (χ4n) is 0.628. The van der Waals surface area contributed by atoms with Gasteiger partial charge in [-0.2, -0.15) is 0 Å². The zero-order valence-electron chi connectivity index (χ0n) is 7.41. The van der Waals surface area contributed by atoms with Gasteiger partial charge >= 0.3 is 0 Å². The molecular formula is C7H15NO3S. The summed E-state index contributed by atoms with van der Waals surface area (Å²) in [7, 11) is -3.02. The summed E-state index contributed by atoms with van der Waals surface area (Å²) >= 11 is 0. The van der Waals surface area contributed by atoms with Gasteiger partial charge in [-0.15, -0.1) is 0 Å². The van der Waals surface area contributed by atoms with Gasteiger partial charge in [-0.05, 0) is 6.92 Å². The van der Waals surface area contributed by atoms with Gasteiger partial charge in [0, 0.05) is 12.2 Å². The zero-order valence-corrected chi connectivity index (χ0v) is 8.23. The molecule has 5 heteroatoms. The smallest absolute Gasteiger partial charge is 0.150 e. The maximum Gasteiger partial charge on any atom is 0.150 e. The SMILES string of the molecule is CCS(=O)(=O)CCC(=O)C(C)N. The lowest BCUT2D eigenvalue weighted by molar-refractivity contribution is -0.119. The van der Waals surface area contributed by atoms with Crippen LogP contribution >= 0.6 is 0 Å². The third-order valence-electron chi connectivity index (χ3n) is 1.61. The van der Waals surface area contributed by atoms with Crippen LogP contribution < -0.4 is 5.73 Å². The fourth-order valence-corrected chi connectivity index (χ4v) is 1.43. The van der Waals surface area contributed by atoms with E-state index in [1.807, 2.05) is 0 Å². The van der Waals surface area contributed by atoms with Crippen molar-refractivity contribution in [2.24, 2.45) is 5.73 Å². The van der Waals surface area contributed by atoms with E-state index in [0.717, 1.165) is 0 Å². The van der Waals surface area contributed by atoms with Gasteiger partial charge in [-0.3, -0.25) is 4.79 Å². The normalized spacial score (nSPS) is 14.2. The van der Waals surface area contributed by atoms with Crippen LogP contribution in [-0.2, 0) is 14.6 Å². The molecule has 4 nitrogen and oxygen atoms in total. The fraction of sp³-hybridized carbons (Fsp3) is 0.857. The number of ketones is 1. The van der Waals surface area contributed by atoms with Crippen molar-refractivity contribution < 1.29 is 13.2 Å². The lowest BCUT2D eigenvalue weighted by atomic mass is 10.2. The summed E-state index contributed by atoms with van der Waals surface area (Å²) in [6, 6.07) is -0.558. The molecule has 0 radical (unpaired) electrons. The largest absolute Gasteiger partial charge is 0.322 e. The van der Waals surface area contributed by atoms with Gasteiger partial charge in [-0.25, -0.2) is 8.42 Å². The Hall–Kier alpha value is -0.420. The molecular weight excluding hydrogens is 178 g/mol. The minimum Gasteiger partial charge on any atom is -0.322 e. The predicted molar refractivity (Wildman–Crippen MR) is 47.6 cm³/mol. The molecule has 1 unspecified atom stereocenters. The molecule has 2 N–H and O–H groups in total. The molecule has 0 bridgehead atoms. The van der Waals surface area contributed by atoms with Gasteiger partial charge in [0.2, 0.25) is 0 Å². The molecule has 0 aliphatic rings. The number of nitrogens with two attached hydrogens (primary N) is 1. The van der Waals surface area contributed by atoms with Crippen molar-refractivity contribution in [1.82, 2.24) is 0 Å². The second-order valence-electron chi connectivity index (χ2n) is 2.74. The Morgan fingerprint density at radius 1 is 1.50 bits per heavy atom. The molecule has 0 amide bonds. The minimum absolute atomic E-state index is 0.0356. The average Bonchev–Trinajstić information content (AvgIpc) is 2.00. The van der Waals surface area contributed by atoms with E-state index >= 15 is 0 Å². The Kier molecular flexibility index (Phi) is 4.41.